The minimum absolute atomic E-state index is 0.113. The molecule has 0 spiro atoms. The normalized spacial score (nSPS) is 11.1. The van der Waals surface area contributed by atoms with Crippen LogP contribution in [0.2, 0.25) is 0 Å². The van der Waals surface area contributed by atoms with E-state index in [4.69, 9.17) is 10.1 Å². The highest BCUT2D eigenvalue weighted by atomic mass is 19.1. The molecule has 0 aliphatic rings. The quantitative estimate of drug-likeness (QED) is 0.476. The Morgan fingerprint density at radius 2 is 1.65 bits per heavy atom. The van der Waals surface area contributed by atoms with Crippen LogP contribution in [-0.2, 0) is 11.2 Å². The van der Waals surface area contributed by atoms with E-state index in [0.29, 0.717) is 18.5 Å². The number of rotatable bonds is 5. The number of halogens is 1. The molecule has 0 radical (unpaired) electrons. The number of amides is 1. The summed E-state index contributed by atoms with van der Waals surface area (Å²) in [6.45, 7) is 8.09. The van der Waals surface area contributed by atoms with Crippen LogP contribution < -0.4 is 5.32 Å². The average Bonchev–Trinajstić information content (AvgIpc) is 3.06. The van der Waals surface area contributed by atoms with Crippen molar-refractivity contribution >= 4 is 22.6 Å². The van der Waals surface area contributed by atoms with Crippen molar-refractivity contribution in [2.45, 2.75) is 40.5 Å². The number of hydrogen-bond donors (Lipinski definition) is 1. The van der Waals surface area contributed by atoms with E-state index in [-0.39, 0.29) is 11.7 Å². The Morgan fingerprint density at radius 1 is 0.968 bits per heavy atom. The summed E-state index contributed by atoms with van der Waals surface area (Å²) in [5.41, 5.74) is 7.56. The molecule has 4 rings (SSSR count). The second-order valence-electron chi connectivity index (χ2n) is 7.89. The molecule has 0 aliphatic heterocycles. The Labute approximate surface area is 180 Å². The van der Waals surface area contributed by atoms with Crippen LogP contribution in [0.25, 0.3) is 16.7 Å². The SMILES string of the molecule is Cc1ccc(-n2nc(C)c3c(C)c(CCC(=O)Nc4ccc(F)cc4)c(C)nc32)cc1. The first kappa shape index (κ1) is 20.7. The van der Waals surface area contributed by atoms with Gasteiger partial charge in [0, 0.05) is 23.2 Å². The van der Waals surface area contributed by atoms with Gasteiger partial charge in [-0.15, -0.1) is 0 Å². The smallest absolute Gasteiger partial charge is 0.224 e. The van der Waals surface area contributed by atoms with E-state index in [1.807, 2.05) is 30.7 Å². The number of hydrogen-bond acceptors (Lipinski definition) is 3. The third-order valence-electron chi connectivity index (χ3n) is 5.58. The van der Waals surface area contributed by atoms with Crippen LogP contribution in [0.15, 0.2) is 48.5 Å². The molecule has 0 bridgehead atoms. The first-order chi connectivity index (χ1) is 14.8. The van der Waals surface area contributed by atoms with Crippen molar-refractivity contribution in [2.75, 3.05) is 5.32 Å². The van der Waals surface area contributed by atoms with Gasteiger partial charge in [0.15, 0.2) is 5.65 Å². The van der Waals surface area contributed by atoms with E-state index in [1.165, 1.54) is 17.7 Å². The summed E-state index contributed by atoms with van der Waals surface area (Å²) in [5, 5.41) is 8.58. The van der Waals surface area contributed by atoms with Crippen molar-refractivity contribution in [2.24, 2.45) is 0 Å². The summed E-state index contributed by atoms with van der Waals surface area (Å²) >= 11 is 0. The second kappa shape index (κ2) is 8.30. The van der Waals surface area contributed by atoms with Crippen LogP contribution in [0.1, 0.15) is 34.5 Å². The molecule has 0 fully saturated rings. The van der Waals surface area contributed by atoms with Gasteiger partial charge in [0.2, 0.25) is 5.91 Å². The maximum Gasteiger partial charge on any atom is 0.224 e. The lowest BCUT2D eigenvalue weighted by Gasteiger charge is -2.12. The van der Waals surface area contributed by atoms with Crippen molar-refractivity contribution in [3.63, 3.8) is 0 Å². The molecule has 0 unspecified atom stereocenters. The third-order valence-corrected chi connectivity index (χ3v) is 5.58. The predicted octanol–water partition coefficient (Wildman–Crippen LogP) is 5.36. The van der Waals surface area contributed by atoms with Gasteiger partial charge in [-0.3, -0.25) is 4.79 Å². The van der Waals surface area contributed by atoms with Gasteiger partial charge in [0.25, 0.3) is 0 Å². The van der Waals surface area contributed by atoms with Gasteiger partial charge in [-0.05, 0) is 81.6 Å². The molecule has 5 nitrogen and oxygen atoms in total. The molecule has 1 amide bonds. The molecule has 0 saturated carbocycles. The minimum atomic E-state index is -0.329. The molecular weight excluding hydrogens is 391 g/mol. The molecule has 0 atom stereocenters. The van der Waals surface area contributed by atoms with Crippen LogP contribution in [0.3, 0.4) is 0 Å². The van der Waals surface area contributed by atoms with Gasteiger partial charge >= 0.3 is 0 Å². The number of carbonyl (C=O) groups excluding carboxylic acids is 1. The maximum absolute atomic E-state index is 13.0. The van der Waals surface area contributed by atoms with E-state index in [0.717, 1.165) is 39.2 Å². The molecule has 158 valence electrons. The van der Waals surface area contributed by atoms with Crippen molar-refractivity contribution < 1.29 is 9.18 Å². The number of anilines is 1. The molecular formula is C25H25FN4O. The number of carbonyl (C=O) groups is 1. The maximum atomic E-state index is 13.0. The van der Waals surface area contributed by atoms with Gasteiger partial charge < -0.3 is 5.32 Å². The number of aromatic nitrogens is 3. The number of nitrogens with one attached hydrogen (secondary N) is 1. The lowest BCUT2D eigenvalue weighted by atomic mass is 9.99. The molecule has 2 heterocycles. The van der Waals surface area contributed by atoms with Crippen LogP contribution in [-0.4, -0.2) is 20.7 Å². The first-order valence-electron chi connectivity index (χ1n) is 10.3. The number of benzene rings is 2. The van der Waals surface area contributed by atoms with Crippen LogP contribution in [0.4, 0.5) is 10.1 Å². The summed E-state index contributed by atoms with van der Waals surface area (Å²) in [4.78, 5) is 17.3. The standard InChI is InChI=1S/C25H25FN4O/c1-15-5-11-21(12-6-15)30-25-24(18(4)29-30)16(2)22(17(3)27-25)13-14-23(31)28-20-9-7-19(26)8-10-20/h5-12H,13-14H2,1-4H3,(H,28,31). The summed E-state index contributed by atoms with van der Waals surface area (Å²) in [7, 11) is 0. The van der Waals surface area contributed by atoms with Crippen molar-refractivity contribution in [3.05, 3.63) is 82.4 Å². The summed E-state index contributed by atoms with van der Waals surface area (Å²) in [6.07, 6.45) is 0.889. The van der Waals surface area contributed by atoms with Gasteiger partial charge in [-0.25, -0.2) is 14.1 Å². The highest BCUT2D eigenvalue weighted by Gasteiger charge is 2.18. The monoisotopic (exact) mass is 416 g/mol. The number of nitrogens with zero attached hydrogens (tertiary/aromatic N) is 3. The fourth-order valence-corrected chi connectivity index (χ4v) is 3.94. The summed E-state index contributed by atoms with van der Waals surface area (Å²) in [6, 6.07) is 14.0. The number of aryl methyl sites for hydroxylation is 4. The second-order valence-corrected chi connectivity index (χ2v) is 7.89. The third kappa shape index (κ3) is 4.19. The molecule has 0 saturated heterocycles. The zero-order chi connectivity index (χ0) is 22.1. The Bertz CT molecular complexity index is 1260. The van der Waals surface area contributed by atoms with E-state index in [2.05, 4.69) is 31.3 Å². The van der Waals surface area contributed by atoms with Crippen molar-refractivity contribution in [1.29, 1.82) is 0 Å². The summed E-state index contributed by atoms with van der Waals surface area (Å²) < 4.78 is 14.9. The van der Waals surface area contributed by atoms with Crippen LogP contribution >= 0.6 is 0 Å². The Balaban J connectivity index is 1.60. The van der Waals surface area contributed by atoms with Crippen LogP contribution in [0.5, 0.6) is 0 Å². The van der Waals surface area contributed by atoms with E-state index in [9.17, 15) is 9.18 Å². The lowest BCUT2D eigenvalue weighted by Crippen LogP contribution is -2.13. The van der Waals surface area contributed by atoms with Crippen molar-refractivity contribution in [1.82, 2.24) is 14.8 Å². The first-order valence-corrected chi connectivity index (χ1v) is 10.3. The van der Waals surface area contributed by atoms with Gasteiger partial charge in [0.1, 0.15) is 5.82 Å². The van der Waals surface area contributed by atoms with Crippen molar-refractivity contribution in [3.8, 4) is 5.69 Å². The van der Waals surface area contributed by atoms with E-state index >= 15 is 0 Å². The van der Waals surface area contributed by atoms with Crippen LogP contribution in [0, 0.1) is 33.5 Å². The number of fused-ring (bicyclic) bond motifs is 1. The molecule has 6 heteroatoms. The van der Waals surface area contributed by atoms with Gasteiger partial charge in [-0.2, -0.15) is 5.10 Å². The Hall–Kier alpha value is -3.54. The minimum Gasteiger partial charge on any atom is -0.326 e. The molecule has 4 aromatic rings. The molecule has 2 aromatic heterocycles. The molecule has 0 aliphatic carbocycles. The molecule has 1 N–H and O–H groups in total. The number of pyridine rings is 1. The average molecular weight is 417 g/mol. The van der Waals surface area contributed by atoms with Gasteiger partial charge in [0.05, 0.1) is 11.4 Å². The summed E-state index contributed by atoms with van der Waals surface area (Å²) in [5.74, 6) is -0.442. The lowest BCUT2D eigenvalue weighted by molar-refractivity contribution is -0.116. The van der Waals surface area contributed by atoms with Gasteiger partial charge in [-0.1, -0.05) is 17.7 Å². The molecule has 2 aromatic carbocycles. The fraction of sp³-hybridized carbons (Fsp3) is 0.240. The van der Waals surface area contributed by atoms with E-state index in [1.54, 1.807) is 12.1 Å². The highest BCUT2D eigenvalue weighted by Crippen LogP contribution is 2.28. The fourth-order valence-electron chi connectivity index (χ4n) is 3.94. The predicted molar refractivity (Wildman–Crippen MR) is 121 cm³/mol. The zero-order valence-electron chi connectivity index (χ0n) is 18.2. The van der Waals surface area contributed by atoms with E-state index < -0.39 is 0 Å². The Kier molecular flexibility index (Phi) is 5.55. The Morgan fingerprint density at radius 3 is 2.32 bits per heavy atom. The highest BCUT2D eigenvalue weighted by molar-refractivity contribution is 5.91. The topological polar surface area (TPSA) is 59.8 Å². The largest absolute Gasteiger partial charge is 0.326 e. The molecule has 31 heavy (non-hydrogen) atoms. The zero-order valence-corrected chi connectivity index (χ0v) is 18.2.